The standard InChI is InChI=1S/C23H20FN3O/c1-16-7-6-10-20(15-16)27(2)21(17-11-13-19(24)14-12-17)23-26-25-22(28-23)18-8-4-3-5-9-18/h3-15,21H,1-2H3. The zero-order valence-electron chi connectivity index (χ0n) is 15.7. The first-order chi connectivity index (χ1) is 13.6. The summed E-state index contributed by atoms with van der Waals surface area (Å²) in [5.41, 5.74) is 3.89. The molecule has 0 aliphatic rings. The molecular weight excluding hydrogens is 353 g/mol. The summed E-state index contributed by atoms with van der Waals surface area (Å²) in [5.74, 6) is 0.631. The molecule has 0 spiro atoms. The first kappa shape index (κ1) is 17.9. The number of halogens is 1. The molecule has 0 bridgehead atoms. The van der Waals surface area contributed by atoms with E-state index in [2.05, 4.69) is 21.2 Å². The molecule has 0 radical (unpaired) electrons. The van der Waals surface area contributed by atoms with Gasteiger partial charge in [0.25, 0.3) is 0 Å². The topological polar surface area (TPSA) is 42.2 Å². The van der Waals surface area contributed by atoms with E-state index in [-0.39, 0.29) is 11.9 Å². The molecule has 140 valence electrons. The maximum atomic E-state index is 13.5. The summed E-state index contributed by atoms with van der Waals surface area (Å²) in [6.07, 6.45) is 0. The van der Waals surface area contributed by atoms with Gasteiger partial charge in [-0.2, -0.15) is 0 Å². The molecule has 1 aromatic heterocycles. The molecule has 0 saturated carbocycles. The van der Waals surface area contributed by atoms with Gasteiger partial charge in [0.05, 0.1) is 0 Å². The molecular formula is C23H20FN3O. The number of aryl methyl sites for hydroxylation is 1. The molecule has 0 fully saturated rings. The highest BCUT2D eigenvalue weighted by molar-refractivity contribution is 5.54. The molecule has 4 aromatic rings. The fourth-order valence-corrected chi connectivity index (χ4v) is 3.22. The molecule has 0 aliphatic carbocycles. The van der Waals surface area contributed by atoms with Gasteiger partial charge < -0.3 is 9.32 Å². The fraction of sp³-hybridized carbons (Fsp3) is 0.130. The van der Waals surface area contributed by atoms with Crippen molar-refractivity contribution in [2.75, 3.05) is 11.9 Å². The van der Waals surface area contributed by atoms with Gasteiger partial charge in [0.1, 0.15) is 11.9 Å². The average molecular weight is 373 g/mol. The highest BCUT2D eigenvalue weighted by atomic mass is 19.1. The van der Waals surface area contributed by atoms with Gasteiger partial charge >= 0.3 is 0 Å². The van der Waals surface area contributed by atoms with Crippen LogP contribution in [-0.4, -0.2) is 17.2 Å². The van der Waals surface area contributed by atoms with E-state index in [1.807, 2.05) is 62.5 Å². The van der Waals surface area contributed by atoms with Crippen molar-refractivity contribution in [3.63, 3.8) is 0 Å². The third-order valence-corrected chi connectivity index (χ3v) is 4.68. The van der Waals surface area contributed by atoms with Crippen LogP contribution in [0, 0.1) is 12.7 Å². The lowest BCUT2D eigenvalue weighted by Crippen LogP contribution is -2.25. The van der Waals surface area contributed by atoms with Gasteiger partial charge in [-0.25, -0.2) is 4.39 Å². The molecule has 1 heterocycles. The Morgan fingerprint density at radius 2 is 1.64 bits per heavy atom. The van der Waals surface area contributed by atoms with E-state index in [0.29, 0.717) is 11.8 Å². The van der Waals surface area contributed by atoms with Crippen molar-refractivity contribution in [2.45, 2.75) is 13.0 Å². The minimum Gasteiger partial charge on any atom is -0.418 e. The number of aromatic nitrogens is 2. The van der Waals surface area contributed by atoms with Crippen molar-refractivity contribution < 1.29 is 8.81 Å². The average Bonchev–Trinajstić information content (AvgIpc) is 3.20. The molecule has 5 heteroatoms. The predicted octanol–water partition coefficient (Wildman–Crippen LogP) is 5.41. The number of nitrogens with zero attached hydrogens (tertiary/aromatic N) is 3. The van der Waals surface area contributed by atoms with E-state index >= 15 is 0 Å². The van der Waals surface area contributed by atoms with Crippen LogP contribution >= 0.6 is 0 Å². The summed E-state index contributed by atoms with van der Waals surface area (Å²) >= 11 is 0. The van der Waals surface area contributed by atoms with Gasteiger partial charge in [0.15, 0.2) is 0 Å². The van der Waals surface area contributed by atoms with E-state index in [9.17, 15) is 4.39 Å². The normalized spacial score (nSPS) is 12.0. The van der Waals surface area contributed by atoms with Crippen LogP contribution in [0.25, 0.3) is 11.5 Å². The number of hydrogen-bond donors (Lipinski definition) is 0. The molecule has 4 rings (SSSR count). The Labute approximate surface area is 163 Å². The van der Waals surface area contributed by atoms with Crippen LogP contribution in [0.15, 0.2) is 83.3 Å². The lowest BCUT2D eigenvalue weighted by molar-refractivity contribution is 0.476. The summed E-state index contributed by atoms with van der Waals surface area (Å²) in [6, 6.07) is 23.9. The van der Waals surface area contributed by atoms with Crippen LogP contribution in [-0.2, 0) is 0 Å². The second-order valence-corrected chi connectivity index (χ2v) is 6.72. The monoisotopic (exact) mass is 373 g/mol. The molecule has 1 unspecified atom stereocenters. The molecule has 3 aromatic carbocycles. The minimum atomic E-state index is -0.340. The zero-order valence-corrected chi connectivity index (χ0v) is 15.7. The van der Waals surface area contributed by atoms with Gasteiger partial charge in [0.2, 0.25) is 11.8 Å². The molecule has 1 atom stereocenters. The Morgan fingerprint density at radius 3 is 2.36 bits per heavy atom. The van der Waals surface area contributed by atoms with E-state index in [1.165, 1.54) is 12.1 Å². The molecule has 0 N–H and O–H groups in total. The molecule has 28 heavy (non-hydrogen) atoms. The third kappa shape index (κ3) is 3.64. The van der Waals surface area contributed by atoms with Gasteiger partial charge in [-0.1, -0.05) is 42.5 Å². The van der Waals surface area contributed by atoms with Crippen molar-refractivity contribution in [3.05, 3.63) is 102 Å². The summed E-state index contributed by atoms with van der Waals surface area (Å²) in [6.45, 7) is 2.05. The Bertz CT molecular complexity index is 1060. The Hall–Kier alpha value is -3.47. The van der Waals surface area contributed by atoms with Crippen molar-refractivity contribution in [1.29, 1.82) is 0 Å². The van der Waals surface area contributed by atoms with Crippen molar-refractivity contribution in [1.82, 2.24) is 10.2 Å². The first-order valence-electron chi connectivity index (χ1n) is 9.05. The number of hydrogen-bond acceptors (Lipinski definition) is 4. The summed E-state index contributed by atoms with van der Waals surface area (Å²) in [4.78, 5) is 2.06. The summed E-state index contributed by atoms with van der Waals surface area (Å²) in [7, 11) is 1.97. The van der Waals surface area contributed by atoms with E-state index < -0.39 is 0 Å². The van der Waals surface area contributed by atoms with Gasteiger partial charge in [-0.15, -0.1) is 10.2 Å². The van der Waals surface area contributed by atoms with Crippen molar-refractivity contribution >= 4 is 5.69 Å². The van der Waals surface area contributed by atoms with E-state index in [1.54, 1.807) is 12.1 Å². The first-order valence-corrected chi connectivity index (χ1v) is 9.05. The highest BCUT2D eigenvalue weighted by Crippen LogP contribution is 2.33. The lowest BCUT2D eigenvalue weighted by atomic mass is 10.0. The summed E-state index contributed by atoms with van der Waals surface area (Å²) in [5, 5.41) is 8.54. The zero-order chi connectivity index (χ0) is 19.5. The Balaban J connectivity index is 1.77. The van der Waals surface area contributed by atoms with Crippen LogP contribution in [0.5, 0.6) is 0 Å². The maximum Gasteiger partial charge on any atom is 0.247 e. The molecule has 0 saturated heterocycles. The predicted molar refractivity (Wildman–Crippen MR) is 108 cm³/mol. The van der Waals surface area contributed by atoms with Crippen LogP contribution in [0.2, 0.25) is 0 Å². The van der Waals surface area contributed by atoms with Crippen LogP contribution in [0.1, 0.15) is 23.1 Å². The lowest BCUT2D eigenvalue weighted by Gasteiger charge is -2.28. The van der Waals surface area contributed by atoms with Gasteiger partial charge in [-0.3, -0.25) is 0 Å². The van der Waals surface area contributed by atoms with Crippen LogP contribution in [0.4, 0.5) is 10.1 Å². The Kier molecular flexibility index (Phi) is 4.89. The largest absolute Gasteiger partial charge is 0.418 e. The highest BCUT2D eigenvalue weighted by Gasteiger charge is 2.26. The smallest absolute Gasteiger partial charge is 0.247 e. The summed E-state index contributed by atoms with van der Waals surface area (Å²) < 4.78 is 19.5. The van der Waals surface area contributed by atoms with Crippen molar-refractivity contribution in [3.8, 4) is 11.5 Å². The SMILES string of the molecule is Cc1cccc(N(C)C(c2ccc(F)cc2)c2nnc(-c3ccccc3)o2)c1. The van der Waals surface area contributed by atoms with E-state index in [0.717, 1.165) is 22.4 Å². The molecule has 4 nitrogen and oxygen atoms in total. The third-order valence-electron chi connectivity index (χ3n) is 4.68. The number of anilines is 1. The fourth-order valence-electron chi connectivity index (χ4n) is 3.22. The van der Waals surface area contributed by atoms with Crippen molar-refractivity contribution in [2.24, 2.45) is 0 Å². The van der Waals surface area contributed by atoms with E-state index in [4.69, 9.17) is 4.42 Å². The molecule has 0 aliphatic heterocycles. The van der Waals surface area contributed by atoms with Crippen LogP contribution in [0.3, 0.4) is 0 Å². The molecule has 0 amide bonds. The minimum absolute atomic E-state index is 0.281. The Morgan fingerprint density at radius 1 is 0.893 bits per heavy atom. The van der Waals surface area contributed by atoms with Gasteiger partial charge in [0, 0.05) is 18.3 Å². The second kappa shape index (κ2) is 7.64. The second-order valence-electron chi connectivity index (χ2n) is 6.72. The maximum absolute atomic E-state index is 13.5. The number of rotatable bonds is 5. The number of benzene rings is 3. The quantitative estimate of drug-likeness (QED) is 0.469. The van der Waals surface area contributed by atoms with Gasteiger partial charge in [-0.05, 0) is 54.4 Å². The van der Waals surface area contributed by atoms with Crippen LogP contribution < -0.4 is 4.90 Å².